The van der Waals surface area contributed by atoms with Crippen molar-refractivity contribution in [3.63, 3.8) is 0 Å². The first kappa shape index (κ1) is 17.1. The molecule has 0 radical (unpaired) electrons. The summed E-state index contributed by atoms with van der Waals surface area (Å²) >= 11 is 5.83. The molecule has 1 aliphatic carbocycles. The fourth-order valence-electron chi connectivity index (χ4n) is 2.40. The second-order valence-corrected chi connectivity index (χ2v) is 7.43. The molecule has 0 spiro atoms. The van der Waals surface area contributed by atoms with E-state index in [9.17, 15) is 13.2 Å². The van der Waals surface area contributed by atoms with E-state index in [4.69, 9.17) is 16.3 Å². The highest BCUT2D eigenvalue weighted by Gasteiger charge is 2.20. The summed E-state index contributed by atoms with van der Waals surface area (Å²) in [5.41, 5.74) is 0. The molecule has 1 aromatic carbocycles. The minimum absolute atomic E-state index is 0.0869. The number of carbonyl (C=O) groups is 1. The van der Waals surface area contributed by atoms with Crippen LogP contribution in [0.15, 0.2) is 23.1 Å². The number of nitrogens with one attached hydrogen (secondary N) is 2. The van der Waals surface area contributed by atoms with Crippen LogP contribution in [0.25, 0.3) is 0 Å². The Hall–Kier alpha value is -1.31. The van der Waals surface area contributed by atoms with Crippen molar-refractivity contribution < 1.29 is 17.9 Å². The monoisotopic (exact) mass is 346 g/mol. The zero-order chi connectivity index (χ0) is 16.2. The fourth-order valence-corrected chi connectivity index (χ4v) is 3.53. The van der Waals surface area contributed by atoms with Crippen molar-refractivity contribution in [1.29, 1.82) is 0 Å². The van der Waals surface area contributed by atoms with Crippen LogP contribution in [0.3, 0.4) is 0 Å². The van der Waals surface area contributed by atoms with Gasteiger partial charge >= 0.3 is 0 Å². The normalized spacial score (nSPS) is 15.7. The number of hydrogen-bond acceptors (Lipinski definition) is 4. The predicted octanol–water partition coefficient (Wildman–Crippen LogP) is 1.69. The van der Waals surface area contributed by atoms with Gasteiger partial charge < -0.3 is 10.1 Å². The average Bonchev–Trinajstić information content (AvgIpc) is 2.98. The van der Waals surface area contributed by atoms with Gasteiger partial charge in [-0.3, -0.25) is 4.79 Å². The highest BCUT2D eigenvalue weighted by atomic mass is 35.5. The van der Waals surface area contributed by atoms with Gasteiger partial charge in [-0.15, -0.1) is 0 Å². The molecule has 122 valence electrons. The Labute approximate surface area is 135 Å². The molecule has 0 atom stereocenters. The van der Waals surface area contributed by atoms with Crippen molar-refractivity contribution in [3.8, 4) is 5.75 Å². The molecule has 2 rings (SSSR count). The van der Waals surface area contributed by atoms with Gasteiger partial charge in [-0.05, 0) is 38.1 Å². The lowest BCUT2D eigenvalue weighted by Gasteiger charge is -2.14. The Morgan fingerprint density at radius 2 is 2.05 bits per heavy atom. The molecule has 6 nitrogen and oxygen atoms in total. The number of benzene rings is 1. The van der Waals surface area contributed by atoms with E-state index in [0.717, 1.165) is 25.7 Å². The molecule has 1 aromatic rings. The van der Waals surface area contributed by atoms with Gasteiger partial charge in [-0.2, -0.15) is 0 Å². The van der Waals surface area contributed by atoms with Gasteiger partial charge in [0.1, 0.15) is 10.6 Å². The number of amides is 1. The number of carbonyl (C=O) groups excluding carboxylic acids is 1. The molecule has 1 saturated carbocycles. The first-order valence-corrected chi connectivity index (χ1v) is 8.94. The van der Waals surface area contributed by atoms with Crippen LogP contribution in [0.1, 0.15) is 25.7 Å². The average molecular weight is 347 g/mol. The van der Waals surface area contributed by atoms with Crippen molar-refractivity contribution >= 4 is 27.5 Å². The SMILES string of the molecule is CNS(=O)(=O)c1cc(Cl)ccc1OCC(=O)NC1CCCC1. The highest BCUT2D eigenvalue weighted by molar-refractivity contribution is 7.89. The molecule has 0 unspecified atom stereocenters. The van der Waals surface area contributed by atoms with Crippen LogP contribution in [-0.4, -0.2) is 34.0 Å². The predicted molar refractivity (Wildman–Crippen MR) is 83.6 cm³/mol. The maximum atomic E-state index is 11.9. The molecule has 1 aliphatic rings. The van der Waals surface area contributed by atoms with Gasteiger partial charge in [0.25, 0.3) is 5.91 Å². The number of rotatable bonds is 6. The molecule has 1 fully saturated rings. The van der Waals surface area contributed by atoms with Crippen molar-refractivity contribution in [2.45, 2.75) is 36.6 Å². The van der Waals surface area contributed by atoms with E-state index in [-0.39, 0.29) is 34.2 Å². The lowest BCUT2D eigenvalue weighted by Crippen LogP contribution is -2.36. The largest absolute Gasteiger partial charge is 0.482 e. The third kappa shape index (κ3) is 4.34. The van der Waals surface area contributed by atoms with Crippen molar-refractivity contribution in [2.24, 2.45) is 0 Å². The lowest BCUT2D eigenvalue weighted by atomic mass is 10.2. The Bertz CT molecular complexity index is 642. The molecule has 0 aliphatic heterocycles. The molecular formula is C14H19ClN2O4S. The molecule has 2 N–H and O–H groups in total. The van der Waals surface area contributed by atoms with Gasteiger partial charge in [0, 0.05) is 11.1 Å². The number of sulfonamides is 1. The minimum Gasteiger partial charge on any atom is -0.482 e. The summed E-state index contributed by atoms with van der Waals surface area (Å²) < 4.78 is 31.5. The molecule has 22 heavy (non-hydrogen) atoms. The first-order chi connectivity index (χ1) is 10.4. The van der Waals surface area contributed by atoms with E-state index in [1.165, 1.54) is 25.2 Å². The summed E-state index contributed by atoms with van der Waals surface area (Å²) in [5.74, 6) is -0.157. The van der Waals surface area contributed by atoms with Crippen LogP contribution in [0, 0.1) is 0 Å². The van der Waals surface area contributed by atoms with E-state index in [2.05, 4.69) is 10.0 Å². The van der Waals surface area contributed by atoms with Crippen LogP contribution in [0.2, 0.25) is 5.02 Å². The number of ether oxygens (including phenoxy) is 1. The summed E-state index contributed by atoms with van der Waals surface area (Å²) in [4.78, 5) is 11.8. The molecule has 0 aromatic heterocycles. The Morgan fingerprint density at radius 3 is 2.68 bits per heavy atom. The summed E-state index contributed by atoms with van der Waals surface area (Å²) in [5, 5.41) is 3.15. The minimum atomic E-state index is -3.71. The molecule has 0 bridgehead atoms. The van der Waals surface area contributed by atoms with Gasteiger partial charge in [0.05, 0.1) is 0 Å². The summed E-state index contributed by atoms with van der Waals surface area (Å²) in [6.07, 6.45) is 4.19. The number of hydrogen-bond donors (Lipinski definition) is 2. The van der Waals surface area contributed by atoms with Crippen LogP contribution >= 0.6 is 11.6 Å². The van der Waals surface area contributed by atoms with Crippen molar-refractivity contribution in [2.75, 3.05) is 13.7 Å². The van der Waals surface area contributed by atoms with E-state index >= 15 is 0 Å². The zero-order valence-electron chi connectivity index (χ0n) is 12.3. The second-order valence-electron chi connectivity index (χ2n) is 5.14. The molecule has 1 amide bonds. The van der Waals surface area contributed by atoms with Crippen LogP contribution < -0.4 is 14.8 Å². The standard InChI is InChI=1S/C14H19ClN2O4S/c1-16-22(19,20)13-8-10(15)6-7-12(13)21-9-14(18)17-11-4-2-3-5-11/h6-8,11,16H,2-5,9H2,1H3,(H,17,18). The maximum absolute atomic E-state index is 11.9. The van der Waals surface area contributed by atoms with Gasteiger partial charge in [0.2, 0.25) is 10.0 Å². The van der Waals surface area contributed by atoms with Gasteiger partial charge in [-0.1, -0.05) is 24.4 Å². The summed E-state index contributed by atoms with van der Waals surface area (Å²) in [6.45, 7) is -0.232. The van der Waals surface area contributed by atoms with Gasteiger partial charge in [0.15, 0.2) is 6.61 Å². The summed E-state index contributed by atoms with van der Waals surface area (Å²) in [7, 11) is -2.41. The zero-order valence-corrected chi connectivity index (χ0v) is 13.8. The quantitative estimate of drug-likeness (QED) is 0.820. The first-order valence-electron chi connectivity index (χ1n) is 7.07. The molecular weight excluding hydrogens is 328 g/mol. The number of halogens is 1. The topological polar surface area (TPSA) is 84.5 Å². The lowest BCUT2D eigenvalue weighted by molar-refractivity contribution is -0.123. The Kier molecular flexibility index (Phi) is 5.66. The Morgan fingerprint density at radius 1 is 1.36 bits per heavy atom. The van der Waals surface area contributed by atoms with Crippen molar-refractivity contribution in [3.05, 3.63) is 23.2 Å². The highest BCUT2D eigenvalue weighted by Crippen LogP contribution is 2.27. The van der Waals surface area contributed by atoms with Crippen LogP contribution in [0.4, 0.5) is 0 Å². The summed E-state index contributed by atoms with van der Waals surface area (Å²) in [6, 6.07) is 4.44. The van der Waals surface area contributed by atoms with Crippen LogP contribution in [-0.2, 0) is 14.8 Å². The molecule has 0 saturated heterocycles. The van der Waals surface area contributed by atoms with E-state index in [0.29, 0.717) is 0 Å². The fraction of sp³-hybridized carbons (Fsp3) is 0.500. The third-order valence-corrected chi connectivity index (χ3v) is 5.21. The van der Waals surface area contributed by atoms with E-state index in [1.54, 1.807) is 0 Å². The third-order valence-electron chi connectivity index (χ3n) is 3.54. The van der Waals surface area contributed by atoms with E-state index < -0.39 is 10.0 Å². The van der Waals surface area contributed by atoms with Crippen molar-refractivity contribution in [1.82, 2.24) is 10.0 Å². The smallest absolute Gasteiger partial charge is 0.258 e. The maximum Gasteiger partial charge on any atom is 0.258 e. The van der Waals surface area contributed by atoms with Crippen LogP contribution in [0.5, 0.6) is 5.75 Å². The molecule has 0 heterocycles. The van der Waals surface area contributed by atoms with E-state index in [1.807, 2.05) is 0 Å². The Balaban J connectivity index is 2.04. The molecule has 8 heteroatoms. The second kappa shape index (κ2) is 7.30. The van der Waals surface area contributed by atoms with Gasteiger partial charge in [-0.25, -0.2) is 13.1 Å².